The van der Waals surface area contributed by atoms with Crippen LogP contribution < -0.4 is 0 Å². The first-order valence-electron chi connectivity index (χ1n) is 7.02. The maximum absolute atomic E-state index is 10.1. The quantitative estimate of drug-likeness (QED) is 0.829. The molecule has 0 aliphatic rings. The molecule has 0 heterocycles. The van der Waals surface area contributed by atoms with Crippen LogP contribution in [-0.2, 0) is 12.8 Å². The van der Waals surface area contributed by atoms with Gasteiger partial charge in [-0.25, -0.2) is 0 Å². The zero-order chi connectivity index (χ0) is 13.8. The van der Waals surface area contributed by atoms with Gasteiger partial charge in [-0.1, -0.05) is 51.1 Å². The van der Waals surface area contributed by atoms with E-state index in [1.807, 2.05) is 18.2 Å². The molecule has 0 amide bonds. The van der Waals surface area contributed by atoms with Gasteiger partial charge in [0.15, 0.2) is 0 Å². The Hall–Kier alpha value is -1.76. The molecule has 2 rings (SSSR count). The van der Waals surface area contributed by atoms with Crippen molar-refractivity contribution in [3.63, 3.8) is 0 Å². The molecule has 0 radical (unpaired) electrons. The highest BCUT2D eigenvalue weighted by molar-refractivity contribution is 5.73. The zero-order valence-electron chi connectivity index (χ0n) is 12.0. The van der Waals surface area contributed by atoms with Crippen LogP contribution in [0.15, 0.2) is 42.5 Å². The van der Waals surface area contributed by atoms with E-state index < -0.39 is 0 Å². The number of aromatic hydroxyl groups is 1. The SMILES string of the molecule is CCc1ccccc1-c1cc(CC(C)C)ccc1O. The lowest BCUT2D eigenvalue weighted by atomic mass is 9.94. The number of hydrogen-bond donors (Lipinski definition) is 1. The molecule has 0 saturated heterocycles. The number of aryl methyl sites for hydroxylation is 1. The average molecular weight is 254 g/mol. The molecule has 0 saturated carbocycles. The van der Waals surface area contributed by atoms with Crippen LogP contribution in [0.5, 0.6) is 5.75 Å². The Bertz CT molecular complexity index is 555. The molecule has 2 aromatic carbocycles. The average Bonchev–Trinajstić information content (AvgIpc) is 2.40. The van der Waals surface area contributed by atoms with Crippen molar-refractivity contribution in [2.24, 2.45) is 5.92 Å². The fourth-order valence-corrected chi connectivity index (χ4v) is 2.49. The van der Waals surface area contributed by atoms with Gasteiger partial charge in [-0.15, -0.1) is 0 Å². The lowest BCUT2D eigenvalue weighted by molar-refractivity contribution is 0.477. The topological polar surface area (TPSA) is 20.2 Å². The zero-order valence-corrected chi connectivity index (χ0v) is 12.0. The Morgan fingerprint density at radius 2 is 1.74 bits per heavy atom. The van der Waals surface area contributed by atoms with Crippen molar-refractivity contribution in [1.29, 1.82) is 0 Å². The molecule has 1 heteroatoms. The second kappa shape index (κ2) is 5.92. The van der Waals surface area contributed by atoms with Gasteiger partial charge < -0.3 is 5.11 Å². The van der Waals surface area contributed by atoms with E-state index >= 15 is 0 Å². The summed E-state index contributed by atoms with van der Waals surface area (Å²) in [7, 11) is 0. The van der Waals surface area contributed by atoms with E-state index in [0.717, 1.165) is 24.0 Å². The summed E-state index contributed by atoms with van der Waals surface area (Å²) in [6.07, 6.45) is 2.02. The number of hydrogen-bond acceptors (Lipinski definition) is 1. The second-order valence-electron chi connectivity index (χ2n) is 5.46. The van der Waals surface area contributed by atoms with E-state index in [1.165, 1.54) is 11.1 Å². The molecule has 0 spiro atoms. The molecule has 0 unspecified atom stereocenters. The first-order valence-corrected chi connectivity index (χ1v) is 7.02. The summed E-state index contributed by atoms with van der Waals surface area (Å²) < 4.78 is 0. The van der Waals surface area contributed by atoms with Crippen molar-refractivity contribution in [3.8, 4) is 16.9 Å². The summed E-state index contributed by atoms with van der Waals surface area (Å²) in [6.45, 7) is 6.58. The molecule has 100 valence electrons. The van der Waals surface area contributed by atoms with Gasteiger partial charge in [0.1, 0.15) is 5.75 Å². The standard InChI is InChI=1S/C18H22O/c1-4-15-7-5-6-8-16(15)17-12-14(11-13(2)3)9-10-18(17)19/h5-10,12-13,19H,4,11H2,1-3H3. The highest BCUT2D eigenvalue weighted by atomic mass is 16.3. The summed E-state index contributed by atoms with van der Waals surface area (Å²) in [5.41, 5.74) is 4.66. The Kier molecular flexibility index (Phi) is 4.26. The summed E-state index contributed by atoms with van der Waals surface area (Å²) in [5, 5.41) is 10.1. The normalized spacial score (nSPS) is 10.9. The smallest absolute Gasteiger partial charge is 0.123 e. The molecule has 0 bridgehead atoms. The van der Waals surface area contributed by atoms with Crippen LogP contribution in [0.25, 0.3) is 11.1 Å². The van der Waals surface area contributed by atoms with Crippen LogP contribution in [0.4, 0.5) is 0 Å². The van der Waals surface area contributed by atoms with Crippen LogP contribution in [-0.4, -0.2) is 5.11 Å². The van der Waals surface area contributed by atoms with Crippen LogP contribution in [0.2, 0.25) is 0 Å². The van der Waals surface area contributed by atoms with Gasteiger partial charge in [-0.2, -0.15) is 0 Å². The fraction of sp³-hybridized carbons (Fsp3) is 0.333. The molecule has 0 aliphatic carbocycles. The number of benzene rings is 2. The molecular formula is C18H22O. The fourth-order valence-electron chi connectivity index (χ4n) is 2.49. The van der Waals surface area contributed by atoms with Crippen molar-refractivity contribution in [2.75, 3.05) is 0 Å². The van der Waals surface area contributed by atoms with Gasteiger partial charge in [0.2, 0.25) is 0 Å². The van der Waals surface area contributed by atoms with E-state index in [4.69, 9.17) is 0 Å². The van der Waals surface area contributed by atoms with E-state index in [2.05, 4.69) is 45.0 Å². The third kappa shape index (κ3) is 3.17. The van der Waals surface area contributed by atoms with Gasteiger partial charge >= 0.3 is 0 Å². The molecule has 0 aromatic heterocycles. The van der Waals surface area contributed by atoms with Crippen LogP contribution in [0.3, 0.4) is 0 Å². The summed E-state index contributed by atoms with van der Waals surface area (Å²) in [5.74, 6) is 0.993. The Labute approximate surface area is 115 Å². The third-order valence-corrected chi connectivity index (χ3v) is 3.39. The van der Waals surface area contributed by atoms with Gasteiger partial charge in [0.25, 0.3) is 0 Å². The molecule has 0 atom stereocenters. The molecule has 19 heavy (non-hydrogen) atoms. The van der Waals surface area contributed by atoms with Gasteiger partial charge in [0.05, 0.1) is 0 Å². The predicted molar refractivity (Wildman–Crippen MR) is 81.5 cm³/mol. The second-order valence-corrected chi connectivity index (χ2v) is 5.46. The molecule has 0 fully saturated rings. The molecule has 1 nitrogen and oxygen atoms in total. The number of phenols is 1. The lowest BCUT2D eigenvalue weighted by Gasteiger charge is -2.12. The maximum Gasteiger partial charge on any atom is 0.123 e. The first kappa shape index (κ1) is 13.7. The molecule has 2 aromatic rings. The van der Waals surface area contributed by atoms with Crippen molar-refractivity contribution in [2.45, 2.75) is 33.6 Å². The molecule has 0 aliphatic heterocycles. The van der Waals surface area contributed by atoms with Crippen molar-refractivity contribution < 1.29 is 5.11 Å². The molecular weight excluding hydrogens is 232 g/mol. The summed E-state index contributed by atoms with van der Waals surface area (Å²) >= 11 is 0. The maximum atomic E-state index is 10.1. The number of phenolic OH excluding ortho intramolecular Hbond substituents is 1. The highest BCUT2D eigenvalue weighted by Crippen LogP contribution is 2.33. The Morgan fingerprint density at radius 3 is 2.42 bits per heavy atom. The monoisotopic (exact) mass is 254 g/mol. The largest absolute Gasteiger partial charge is 0.507 e. The van der Waals surface area contributed by atoms with Crippen molar-refractivity contribution in [3.05, 3.63) is 53.6 Å². The minimum absolute atomic E-state index is 0.369. The minimum Gasteiger partial charge on any atom is -0.507 e. The van der Waals surface area contributed by atoms with Crippen LogP contribution >= 0.6 is 0 Å². The van der Waals surface area contributed by atoms with Gasteiger partial charge in [-0.3, -0.25) is 0 Å². The Balaban J connectivity index is 2.48. The van der Waals surface area contributed by atoms with E-state index in [0.29, 0.717) is 11.7 Å². The number of rotatable bonds is 4. The van der Waals surface area contributed by atoms with E-state index in [-0.39, 0.29) is 0 Å². The van der Waals surface area contributed by atoms with Crippen molar-refractivity contribution in [1.82, 2.24) is 0 Å². The van der Waals surface area contributed by atoms with Crippen molar-refractivity contribution >= 4 is 0 Å². The molecule has 1 N–H and O–H groups in total. The van der Waals surface area contributed by atoms with Gasteiger partial charge in [0, 0.05) is 5.56 Å². The lowest BCUT2D eigenvalue weighted by Crippen LogP contribution is -1.95. The van der Waals surface area contributed by atoms with E-state index in [9.17, 15) is 5.11 Å². The Morgan fingerprint density at radius 1 is 1.00 bits per heavy atom. The summed E-state index contributed by atoms with van der Waals surface area (Å²) in [6, 6.07) is 14.3. The first-order chi connectivity index (χ1) is 9.11. The van der Waals surface area contributed by atoms with E-state index in [1.54, 1.807) is 0 Å². The summed E-state index contributed by atoms with van der Waals surface area (Å²) in [4.78, 5) is 0. The van der Waals surface area contributed by atoms with Gasteiger partial charge in [-0.05, 0) is 47.6 Å². The third-order valence-electron chi connectivity index (χ3n) is 3.39. The van der Waals surface area contributed by atoms with Crippen LogP contribution in [0.1, 0.15) is 31.9 Å². The van der Waals surface area contributed by atoms with Crippen LogP contribution in [0, 0.1) is 5.92 Å². The highest BCUT2D eigenvalue weighted by Gasteiger charge is 2.09. The predicted octanol–water partition coefficient (Wildman–Crippen LogP) is 4.82. The minimum atomic E-state index is 0.369.